The summed E-state index contributed by atoms with van der Waals surface area (Å²) in [4.78, 5) is 23.2. The molecule has 0 fully saturated rings. The van der Waals surface area contributed by atoms with E-state index >= 15 is 0 Å². The lowest BCUT2D eigenvalue weighted by molar-refractivity contribution is -0.130. The third-order valence-corrected chi connectivity index (χ3v) is 2.89. The SMILES string of the molecule is C=C(N)C(=O)Nc1ccc(OC(=O)C(=C)N)c2ccccc12. The minimum atomic E-state index is -0.725. The summed E-state index contributed by atoms with van der Waals surface area (Å²) < 4.78 is 5.18. The van der Waals surface area contributed by atoms with Crippen molar-refractivity contribution in [3.8, 4) is 5.75 Å². The number of fused-ring (bicyclic) bond motifs is 1. The highest BCUT2D eigenvalue weighted by Gasteiger charge is 2.13. The molecule has 2 aromatic rings. The van der Waals surface area contributed by atoms with E-state index < -0.39 is 11.9 Å². The molecule has 0 aliphatic rings. The van der Waals surface area contributed by atoms with Crippen LogP contribution in [0.3, 0.4) is 0 Å². The van der Waals surface area contributed by atoms with Gasteiger partial charge in [0.25, 0.3) is 5.91 Å². The second kappa shape index (κ2) is 6.01. The van der Waals surface area contributed by atoms with E-state index in [-0.39, 0.29) is 11.4 Å². The summed E-state index contributed by atoms with van der Waals surface area (Å²) in [5, 5.41) is 3.96. The Kier molecular flexibility index (Phi) is 4.13. The first-order chi connectivity index (χ1) is 10.4. The highest BCUT2D eigenvalue weighted by molar-refractivity contribution is 6.09. The quantitative estimate of drug-likeness (QED) is 0.451. The van der Waals surface area contributed by atoms with Crippen molar-refractivity contribution in [1.29, 1.82) is 0 Å². The Labute approximate surface area is 127 Å². The molecule has 112 valence electrons. The lowest BCUT2D eigenvalue weighted by atomic mass is 10.1. The molecule has 22 heavy (non-hydrogen) atoms. The van der Waals surface area contributed by atoms with Gasteiger partial charge in [-0.2, -0.15) is 0 Å². The van der Waals surface area contributed by atoms with Gasteiger partial charge >= 0.3 is 5.97 Å². The maximum atomic E-state index is 11.7. The zero-order valence-electron chi connectivity index (χ0n) is 11.8. The molecule has 0 bridgehead atoms. The van der Waals surface area contributed by atoms with E-state index in [1.165, 1.54) is 0 Å². The molecule has 5 N–H and O–H groups in total. The predicted octanol–water partition coefficient (Wildman–Crippen LogP) is 1.63. The average molecular weight is 297 g/mol. The van der Waals surface area contributed by atoms with Crippen molar-refractivity contribution in [2.75, 3.05) is 5.32 Å². The van der Waals surface area contributed by atoms with E-state index in [9.17, 15) is 9.59 Å². The van der Waals surface area contributed by atoms with E-state index in [0.29, 0.717) is 22.2 Å². The molecule has 0 atom stereocenters. The van der Waals surface area contributed by atoms with Gasteiger partial charge in [0.1, 0.15) is 11.4 Å². The first-order valence-corrected chi connectivity index (χ1v) is 6.34. The van der Waals surface area contributed by atoms with Gasteiger partial charge < -0.3 is 21.5 Å². The summed E-state index contributed by atoms with van der Waals surface area (Å²) in [6.07, 6.45) is 0. The number of benzene rings is 2. The Balaban J connectivity index is 2.47. The standard InChI is InChI=1S/C16H15N3O3/c1-9(17)15(20)19-13-7-8-14(22-16(21)10(2)18)12-6-4-3-5-11(12)13/h3-8H,1-2,17-18H2,(H,19,20). The minimum Gasteiger partial charge on any atom is -0.421 e. The molecule has 0 heterocycles. The molecular weight excluding hydrogens is 282 g/mol. The third kappa shape index (κ3) is 3.06. The third-order valence-electron chi connectivity index (χ3n) is 2.89. The van der Waals surface area contributed by atoms with Crippen LogP contribution in [0.4, 0.5) is 5.69 Å². The van der Waals surface area contributed by atoms with Crippen LogP contribution in [0.1, 0.15) is 0 Å². The van der Waals surface area contributed by atoms with Crippen LogP contribution in [0.2, 0.25) is 0 Å². The van der Waals surface area contributed by atoms with Crippen molar-refractivity contribution in [2.45, 2.75) is 0 Å². The maximum Gasteiger partial charge on any atom is 0.358 e. The van der Waals surface area contributed by atoms with Crippen LogP contribution < -0.4 is 21.5 Å². The topological polar surface area (TPSA) is 107 Å². The summed E-state index contributed by atoms with van der Waals surface area (Å²) in [5.41, 5.74) is 10.9. The number of nitrogens with two attached hydrogens (primary N) is 2. The number of hydrogen-bond acceptors (Lipinski definition) is 5. The molecular formula is C16H15N3O3. The van der Waals surface area contributed by atoms with Gasteiger partial charge in [-0.15, -0.1) is 0 Å². The summed E-state index contributed by atoms with van der Waals surface area (Å²) in [6, 6.07) is 10.3. The molecule has 6 heteroatoms. The highest BCUT2D eigenvalue weighted by atomic mass is 16.5. The van der Waals surface area contributed by atoms with Gasteiger partial charge in [-0.25, -0.2) is 4.79 Å². The van der Waals surface area contributed by atoms with E-state index in [4.69, 9.17) is 16.2 Å². The molecule has 2 rings (SSSR count). The first kappa shape index (κ1) is 15.1. The molecule has 0 saturated carbocycles. The number of rotatable bonds is 4. The molecule has 6 nitrogen and oxygen atoms in total. The molecule has 0 saturated heterocycles. The van der Waals surface area contributed by atoms with Crippen LogP contribution in [-0.4, -0.2) is 11.9 Å². The van der Waals surface area contributed by atoms with Crippen LogP contribution in [0.5, 0.6) is 5.75 Å². The number of nitrogens with one attached hydrogen (secondary N) is 1. The Morgan fingerprint density at radius 1 is 0.955 bits per heavy atom. The van der Waals surface area contributed by atoms with E-state index in [2.05, 4.69) is 18.5 Å². The van der Waals surface area contributed by atoms with Gasteiger partial charge in [-0.3, -0.25) is 4.79 Å². The molecule has 0 radical (unpaired) electrons. The predicted molar refractivity (Wildman–Crippen MR) is 84.9 cm³/mol. The highest BCUT2D eigenvalue weighted by Crippen LogP contribution is 2.32. The van der Waals surface area contributed by atoms with Gasteiger partial charge in [-0.05, 0) is 12.1 Å². The van der Waals surface area contributed by atoms with Gasteiger partial charge in [0.15, 0.2) is 0 Å². The molecule has 0 aromatic heterocycles. The Morgan fingerprint density at radius 3 is 2.18 bits per heavy atom. The molecule has 2 aromatic carbocycles. The zero-order chi connectivity index (χ0) is 16.3. The van der Waals surface area contributed by atoms with Crippen molar-refractivity contribution < 1.29 is 14.3 Å². The lowest BCUT2D eigenvalue weighted by Gasteiger charge is -2.12. The fourth-order valence-corrected chi connectivity index (χ4v) is 1.84. The van der Waals surface area contributed by atoms with E-state index in [1.54, 1.807) is 36.4 Å². The van der Waals surface area contributed by atoms with Crippen molar-refractivity contribution in [3.63, 3.8) is 0 Å². The van der Waals surface area contributed by atoms with Crippen molar-refractivity contribution >= 4 is 28.3 Å². The number of carbonyl (C=O) groups is 2. The van der Waals surface area contributed by atoms with Crippen molar-refractivity contribution in [1.82, 2.24) is 0 Å². The summed E-state index contributed by atoms with van der Waals surface area (Å²) in [7, 11) is 0. The Bertz CT molecular complexity index is 730. The fourth-order valence-electron chi connectivity index (χ4n) is 1.84. The van der Waals surface area contributed by atoms with Crippen molar-refractivity contribution in [2.24, 2.45) is 11.5 Å². The van der Waals surface area contributed by atoms with Crippen molar-refractivity contribution in [3.05, 3.63) is 61.0 Å². The van der Waals surface area contributed by atoms with Gasteiger partial charge in [0, 0.05) is 16.5 Å². The van der Waals surface area contributed by atoms with E-state index in [1.807, 2.05) is 0 Å². The number of ether oxygens (including phenoxy) is 1. The molecule has 0 aliphatic carbocycles. The van der Waals surface area contributed by atoms with Gasteiger partial charge in [-0.1, -0.05) is 37.4 Å². The number of amides is 1. The normalized spacial score (nSPS) is 10.0. The average Bonchev–Trinajstić information content (AvgIpc) is 2.49. The number of carbonyl (C=O) groups excluding carboxylic acids is 2. The van der Waals surface area contributed by atoms with Gasteiger partial charge in [0.05, 0.1) is 5.70 Å². The number of esters is 1. The lowest BCUT2D eigenvalue weighted by Crippen LogP contribution is -2.19. The van der Waals surface area contributed by atoms with Crippen LogP contribution in [-0.2, 0) is 9.59 Å². The minimum absolute atomic E-state index is 0.0981. The second-order valence-electron chi connectivity index (χ2n) is 4.55. The first-order valence-electron chi connectivity index (χ1n) is 6.34. The fraction of sp³-hybridized carbons (Fsp3) is 0. The summed E-state index contributed by atoms with van der Waals surface area (Å²) in [6.45, 7) is 6.71. The molecule has 0 aliphatic heterocycles. The maximum absolute atomic E-state index is 11.7. The summed E-state index contributed by atoms with van der Waals surface area (Å²) in [5.74, 6) is -0.903. The van der Waals surface area contributed by atoms with Crippen LogP contribution in [0, 0.1) is 0 Å². The zero-order valence-corrected chi connectivity index (χ0v) is 11.8. The molecule has 0 unspecified atom stereocenters. The van der Waals surface area contributed by atoms with Gasteiger partial charge in [0.2, 0.25) is 0 Å². The number of anilines is 1. The Hall–Kier alpha value is -3.28. The molecule has 0 spiro atoms. The monoisotopic (exact) mass is 297 g/mol. The van der Waals surface area contributed by atoms with Crippen LogP contribution >= 0.6 is 0 Å². The smallest absolute Gasteiger partial charge is 0.358 e. The second-order valence-corrected chi connectivity index (χ2v) is 4.55. The van der Waals surface area contributed by atoms with Crippen LogP contribution in [0.25, 0.3) is 10.8 Å². The number of hydrogen-bond donors (Lipinski definition) is 3. The van der Waals surface area contributed by atoms with Crippen LogP contribution in [0.15, 0.2) is 61.0 Å². The Morgan fingerprint density at radius 2 is 1.59 bits per heavy atom. The van der Waals surface area contributed by atoms with E-state index in [0.717, 1.165) is 0 Å². The summed E-state index contributed by atoms with van der Waals surface area (Å²) >= 11 is 0. The molecule has 1 amide bonds. The largest absolute Gasteiger partial charge is 0.421 e.